The van der Waals surface area contributed by atoms with Gasteiger partial charge in [0.25, 0.3) is 0 Å². The van der Waals surface area contributed by atoms with Gasteiger partial charge in [0, 0.05) is 36.0 Å². The third-order valence-corrected chi connectivity index (χ3v) is 9.63. The van der Waals surface area contributed by atoms with Crippen LogP contribution in [0.5, 0.6) is 0 Å². The van der Waals surface area contributed by atoms with Crippen molar-refractivity contribution in [3.05, 3.63) is 35.5 Å². The van der Waals surface area contributed by atoms with Gasteiger partial charge in [-0.1, -0.05) is 25.5 Å². The van der Waals surface area contributed by atoms with Crippen molar-refractivity contribution in [2.45, 2.75) is 90.0 Å². The fourth-order valence-corrected chi connectivity index (χ4v) is 7.76. The molecule has 4 aliphatic heterocycles. The van der Waals surface area contributed by atoms with E-state index in [1.54, 1.807) is 6.92 Å². The van der Waals surface area contributed by atoms with E-state index in [0.29, 0.717) is 13.0 Å². The number of benzene rings is 1. The van der Waals surface area contributed by atoms with E-state index in [-0.39, 0.29) is 30.1 Å². The van der Waals surface area contributed by atoms with Gasteiger partial charge >= 0.3 is 5.97 Å². The summed E-state index contributed by atoms with van der Waals surface area (Å²) in [5, 5.41) is 14.0. The van der Waals surface area contributed by atoms with Crippen molar-refractivity contribution in [2.75, 3.05) is 6.54 Å². The number of hydrogen-bond acceptors (Lipinski definition) is 6. The van der Waals surface area contributed by atoms with Crippen LogP contribution < -0.4 is 5.32 Å². The maximum absolute atomic E-state index is 13.8. The van der Waals surface area contributed by atoms with Crippen LogP contribution in [0.25, 0.3) is 10.9 Å². The van der Waals surface area contributed by atoms with Crippen molar-refractivity contribution in [1.82, 2.24) is 10.3 Å². The summed E-state index contributed by atoms with van der Waals surface area (Å²) in [5.41, 5.74) is 1.36. The number of amides is 1. The summed E-state index contributed by atoms with van der Waals surface area (Å²) >= 11 is 0. The third-order valence-electron chi connectivity index (χ3n) is 9.63. The number of carboxylic acid groups (broad SMARTS) is 1. The molecule has 1 aromatic carbocycles. The molecule has 5 aliphatic rings. The molecule has 0 radical (unpaired) electrons. The van der Waals surface area contributed by atoms with Crippen LogP contribution in [0.4, 0.5) is 0 Å². The lowest BCUT2D eigenvalue weighted by molar-refractivity contribution is -0.543. The van der Waals surface area contributed by atoms with E-state index in [4.69, 9.17) is 19.2 Å². The maximum atomic E-state index is 13.8. The van der Waals surface area contributed by atoms with Crippen LogP contribution in [0.15, 0.2) is 24.4 Å². The summed E-state index contributed by atoms with van der Waals surface area (Å²) < 4.78 is 12.8. The first kappa shape index (κ1) is 25.8. The number of aromatic amines is 1. The van der Waals surface area contributed by atoms with Gasteiger partial charge in [-0.25, -0.2) is 9.78 Å². The van der Waals surface area contributed by atoms with Gasteiger partial charge in [-0.05, 0) is 68.6 Å². The highest BCUT2D eigenvalue weighted by Crippen LogP contribution is 2.59. The van der Waals surface area contributed by atoms with Crippen LogP contribution in [-0.4, -0.2) is 52.8 Å². The van der Waals surface area contributed by atoms with Gasteiger partial charge in [0.1, 0.15) is 0 Å². The maximum Gasteiger partial charge on any atom is 0.304 e. The Balaban J connectivity index is 1.23. The topological polar surface area (TPSA) is 119 Å². The number of rotatable bonds is 7. The van der Waals surface area contributed by atoms with E-state index in [1.807, 2.05) is 6.20 Å². The molecule has 1 amide bonds. The number of H-pyrrole nitrogens is 1. The molecule has 5 fully saturated rings. The highest BCUT2D eigenvalue weighted by molar-refractivity contribution is 5.87. The number of carbonyl (C=O) groups excluding carboxylic acids is 1. The Kier molecular flexibility index (Phi) is 6.53. The molecule has 9 nitrogen and oxygen atoms in total. The molecule has 206 valence electrons. The number of aryl methyl sites for hydroxylation is 1. The Labute approximate surface area is 222 Å². The highest BCUT2D eigenvalue weighted by Gasteiger charge is 2.68. The molecule has 38 heavy (non-hydrogen) atoms. The molecule has 2 bridgehead atoms. The van der Waals surface area contributed by atoms with Crippen molar-refractivity contribution < 1.29 is 33.9 Å². The molecule has 7 rings (SSSR count). The van der Waals surface area contributed by atoms with Crippen molar-refractivity contribution in [2.24, 2.45) is 23.2 Å². The number of carbonyl (C=O) groups is 2. The number of aliphatic carboxylic acids is 1. The molecule has 1 saturated carbocycles. The minimum Gasteiger partial charge on any atom is -0.481 e. The van der Waals surface area contributed by atoms with Crippen LogP contribution in [0.1, 0.15) is 63.5 Å². The number of hydrogen-bond donors (Lipinski definition) is 3. The first-order chi connectivity index (χ1) is 18.2. The van der Waals surface area contributed by atoms with Crippen molar-refractivity contribution in [3.63, 3.8) is 0 Å². The average Bonchev–Trinajstić information content (AvgIpc) is 3.09. The quantitative estimate of drug-likeness (QED) is 0.462. The van der Waals surface area contributed by atoms with E-state index in [0.717, 1.165) is 48.6 Å². The second kappa shape index (κ2) is 9.62. The summed E-state index contributed by atoms with van der Waals surface area (Å²) in [4.78, 5) is 40.9. The van der Waals surface area contributed by atoms with E-state index < -0.39 is 35.7 Å². The highest BCUT2D eigenvalue weighted by atomic mass is 17.2. The second-order valence-corrected chi connectivity index (χ2v) is 12.0. The molecule has 1 unspecified atom stereocenters. The molecule has 1 spiro atoms. The molecule has 4 saturated heterocycles. The van der Waals surface area contributed by atoms with E-state index in [1.165, 1.54) is 5.56 Å². The van der Waals surface area contributed by atoms with Gasteiger partial charge in [-0.3, -0.25) is 9.59 Å². The standard InChI is InChI=1S/C29H38N2O7/c1-16-7-9-20-18(15-31-22(20)13-16)11-12-30-26(34)28(3,14-23(32)33)25-17(2)21-6-4-5-19-8-10-24-35-27(36-25)29(19,21)38-37-24/h7,9,13,15,17,19,21,24-25,27,31H,4-6,8,10-12,14H2,1-3H3,(H,30,34)(H,32,33)/t17-,19+,21+,24?,25+,27+,28-,29-/m1/s1. The van der Waals surface area contributed by atoms with E-state index in [9.17, 15) is 14.7 Å². The molecule has 8 atom stereocenters. The van der Waals surface area contributed by atoms with Gasteiger partial charge in [0.05, 0.1) is 17.9 Å². The normalized spacial score (nSPS) is 35.8. The molecule has 9 heteroatoms. The van der Waals surface area contributed by atoms with Gasteiger partial charge < -0.3 is 24.9 Å². The molecule has 5 heterocycles. The summed E-state index contributed by atoms with van der Waals surface area (Å²) in [6.07, 6.45) is 5.08. The zero-order valence-electron chi connectivity index (χ0n) is 22.3. The van der Waals surface area contributed by atoms with Gasteiger partial charge in [-0.2, -0.15) is 0 Å². The Morgan fingerprint density at radius 3 is 2.87 bits per heavy atom. The zero-order chi connectivity index (χ0) is 26.7. The van der Waals surface area contributed by atoms with Crippen LogP contribution in [0.2, 0.25) is 0 Å². The monoisotopic (exact) mass is 526 g/mol. The molecular formula is C29H38N2O7. The van der Waals surface area contributed by atoms with Crippen LogP contribution in [0, 0.1) is 30.1 Å². The van der Waals surface area contributed by atoms with E-state index >= 15 is 0 Å². The molecule has 2 aromatic rings. The van der Waals surface area contributed by atoms with Gasteiger partial charge in [0.15, 0.2) is 18.2 Å². The first-order valence-electron chi connectivity index (χ1n) is 13.9. The van der Waals surface area contributed by atoms with Crippen molar-refractivity contribution in [3.8, 4) is 0 Å². The van der Waals surface area contributed by atoms with E-state index in [2.05, 4.69) is 42.3 Å². The van der Waals surface area contributed by atoms with Crippen molar-refractivity contribution >= 4 is 22.8 Å². The smallest absolute Gasteiger partial charge is 0.304 e. The number of fused-ring (bicyclic) bond motifs is 3. The summed E-state index contributed by atoms with van der Waals surface area (Å²) in [6, 6.07) is 6.26. The summed E-state index contributed by atoms with van der Waals surface area (Å²) in [6.45, 7) is 6.23. The molecule has 1 aliphatic carbocycles. The lowest BCUT2D eigenvalue weighted by Gasteiger charge is -2.60. The first-order valence-corrected chi connectivity index (χ1v) is 13.9. The Bertz CT molecular complexity index is 1230. The molecular weight excluding hydrogens is 488 g/mol. The number of aromatic nitrogens is 1. The van der Waals surface area contributed by atoms with Gasteiger partial charge in [-0.15, -0.1) is 0 Å². The molecule has 3 N–H and O–H groups in total. The fourth-order valence-electron chi connectivity index (χ4n) is 7.76. The van der Waals surface area contributed by atoms with Gasteiger partial charge in [0.2, 0.25) is 5.91 Å². The molecule has 1 aromatic heterocycles. The van der Waals surface area contributed by atoms with Crippen LogP contribution in [0.3, 0.4) is 0 Å². The SMILES string of the molecule is Cc1ccc2c(CCNC(=O)[C@](C)(CC(=O)O)[C@H]3O[C@@H]4OC5CC[C@@H]6CCC[C@@H]([C@H]3C)[C@]64OO5)c[nH]c2c1. The Morgan fingerprint density at radius 1 is 1.21 bits per heavy atom. The Hall–Kier alpha value is -2.46. The third kappa shape index (κ3) is 4.06. The average molecular weight is 527 g/mol. The number of carboxylic acids is 1. The van der Waals surface area contributed by atoms with Crippen LogP contribution in [-0.2, 0) is 35.3 Å². The second-order valence-electron chi connectivity index (χ2n) is 12.0. The van der Waals surface area contributed by atoms with Crippen LogP contribution >= 0.6 is 0 Å². The fraction of sp³-hybridized carbons (Fsp3) is 0.655. The van der Waals surface area contributed by atoms with Crippen molar-refractivity contribution in [1.29, 1.82) is 0 Å². The largest absolute Gasteiger partial charge is 0.481 e. The number of ether oxygens (including phenoxy) is 2. The Morgan fingerprint density at radius 2 is 2.05 bits per heavy atom. The predicted molar refractivity (Wildman–Crippen MR) is 138 cm³/mol. The minimum atomic E-state index is -1.28. The lowest BCUT2D eigenvalue weighted by atomic mass is 9.57. The minimum absolute atomic E-state index is 0.0413. The lowest BCUT2D eigenvalue weighted by Crippen LogP contribution is -2.70. The predicted octanol–water partition coefficient (Wildman–Crippen LogP) is 4.23. The summed E-state index contributed by atoms with van der Waals surface area (Å²) in [5.74, 6) is -1.17. The summed E-state index contributed by atoms with van der Waals surface area (Å²) in [7, 11) is 0. The number of nitrogens with one attached hydrogen (secondary N) is 2. The zero-order valence-corrected chi connectivity index (χ0v) is 22.3.